The second-order valence-corrected chi connectivity index (χ2v) is 9.02. The number of ether oxygens (including phenoxy) is 1. The first-order valence-electron chi connectivity index (χ1n) is 12.6. The molecule has 186 valence electrons. The number of carbonyl (C=O) groups excluding carboxylic acids is 1. The molecule has 7 heteroatoms. The Kier molecular flexibility index (Phi) is 8.44. The molecular weight excluding hydrogens is 450 g/mol. The summed E-state index contributed by atoms with van der Waals surface area (Å²) in [5.41, 5.74) is 5.51. The summed E-state index contributed by atoms with van der Waals surface area (Å²) in [6, 6.07) is 21.8. The Morgan fingerprint density at radius 1 is 0.972 bits per heavy atom. The molecule has 1 amide bonds. The Morgan fingerprint density at radius 3 is 2.36 bits per heavy atom. The zero-order valence-corrected chi connectivity index (χ0v) is 21.1. The molecule has 3 aromatic carbocycles. The summed E-state index contributed by atoms with van der Waals surface area (Å²) in [7, 11) is 0. The lowest BCUT2D eigenvalue weighted by atomic mass is 9.98. The molecule has 0 bridgehead atoms. The number of nitrogens with zero attached hydrogens (tertiary/aromatic N) is 3. The van der Waals surface area contributed by atoms with Gasteiger partial charge in [-0.05, 0) is 53.8 Å². The zero-order valence-electron chi connectivity index (χ0n) is 21.1. The van der Waals surface area contributed by atoms with Crippen LogP contribution in [0, 0.1) is 6.92 Å². The van der Waals surface area contributed by atoms with Crippen LogP contribution in [0.3, 0.4) is 0 Å². The van der Waals surface area contributed by atoms with Crippen molar-refractivity contribution in [3.8, 4) is 28.3 Å². The summed E-state index contributed by atoms with van der Waals surface area (Å²) in [5, 5.41) is 17.6. The van der Waals surface area contributed by atoms with Gasteiger partial charge in [-0.3, -0.25) is 4.79 Å². The van der Waals surface area contributed by atoms with Crippen LogP contribution in [-0.4, -0.2) is 32.6 Å². The molecule has 0 aliphatic rings. The van der Waals surface area contributed by atoms with Gasteiger partial charge in [-0.2, -0.15) is 5.21 Å². The molecule has 36 heavy (non-hydrogen) atoms. The third kappa shape index (κ3) is 6.36. The molecule has 4 aromatic rings. The smallest absolute Gasteiger partial charge is 0.228 e. The number of aromatic amines is 1. The number of amides is 1. The van der Waals surface area contributed by atoms with Gasteiger partial charge in [-0.25, -0.2) is 0 Å². The lowest BCUT2D eigenvalue weighted by Gasteiger charge is -2.21. The number of tetrazole rings is 1. The van der Waals surface area contributed by atoms with E-state index in [4.69, 9.17) is 4.74 Å². The van der Waals surface area contributed by atoms with E-state index in [-0.39, 0.29) is 18.4 Å². The van der Waals surface area contributed by atoms with Gasteiger partial charge in [0.15, 0.2) is 0 Å². The van der Waals surface area contributed by atoms with E-state index in [0.29, 0.717) is 17.3 Å². The normalized spacial score (nSPS) is 11.0. The molecule has 1 heterocycles. The number of rotatable bonds is 11. The molecule has 0 fully saturated rings. The summed E-state index contributed by atoms with van der Waals surface area (Å²) in [6.45, 7) is 6.36. The molecule has 0 aliphatic heterocycles. The van der Waals surface area contributed by atoms with Crippen molar-refractivity contribution in [2.75, 3.05) is 5.32 Å². The van der Waals surface area contributed by atoms with E-state index < -0.39 is 0 Å². The van der Waals surface area contributed by atoms with E-state index in [1.807, 2.05) is 73.7 Å². The number of H-pyrrole nitrogens is 1. The third-order valence-corrected chi connectivity index (χ3v) is 6.08. The Bertz CT molecular complexity index is 1260. The second-order valence-electron chi connectivity index (χ2n) is 9.02. The van der Waals surface area contributed by atoms with Crippen LogP contribution in [0.1, 0.15) is 50.7 Å². The van der Waals surface area contributed by atoms with Crippen LogP contribution < -0.4 is 10.1 Å². The van der Waals surface area contributed by atoms with Gasteiger partial charge in [0.05, 0.1) is 18.2 Å². The Labute approximate surface area is 212 Å². The average Bonchev–Trinajstić information content (AvgIpc) is 3.42. The number of anilines is 1. The number of aryl methyl sites for hydroxylation is 1. The van der Waals surface area contributed by atoms with Crippen molar-refractivity contribution in [3.63, 3.8) is 0 Å². The number of carbonyl (C=O) groups is 1. The SMILES string of the molecule is CCCC(CCC)Oc1ccc(-c2ccccc2-c2nn[nH]n2)cc1NC(=O)Cc1ccc(C)cc1. The molecule has 0 unspecified atom stereocenters. The van der Waals surface area contributed by atoms with Crippen molar-refractivity contribution in [2.45, 2.75) is 59.0 Å². The minimum absolute atomic E-state index is 0.0881. The molecule has 4 rings (SSSR count). The number of hydrogen-bond donors (Lipinski definition) is 2. The molecule has 0 spiro atoms. The molecule has 0 saturated carbocycles. The summed E-state index contributed by atoms with van der Waals surface area (Å²) < 4.78 is 6.43. The summed E-state index contributed by atoms with van der Waals surface area (Å²) in [5.74, 6) is 1.11. The predicted octanol–water partition coefficient (Wildman–Crippen LogP) is 6.37. The number of nitrogens with one attached hydrogen (secondary N) is 2. The first-order chi connectivity index (χ1) is 17.6. The van der Waals surface area contributed by atoms with Crippen molar-refractivity contribution >= 4 is 11.6 Å². The van der Waals surface area contributed by atoms with E-state index in [0.717, 1.165) is 47.9 Å². The maximum Gasteiger partial charge on any atom is 0.228 e. The average molecular weight is 484 g/mol. The van der Waals surface area contributed by atoms with Gasteiger partial charge < -0.3 is 10.1 Å². The van der Waals surface area contributed by atoms with E-state index in [9.17, 15) is 4.79 Å². The maximum absolute atomic E-state index is 13.1. The van der Waals surface area contributed by atoms with Gasteiger partial charge in [-0.15, -0.1) is 10.2 Å². The minimum Gasteiger partial charge on any atom is -0.488 e. The van der Waals surface area contributed by atoms with Crippen molar-refractivity contribution in [1.82, 2.24) is 20.6 Å². The van der Waals surface area contributed by atoms with Crippen LogP contribution in [0.15, 0.2) is 66.7 Å². The highest BCUT2D eigenvalue weighted by Gasteiger charge is 2.17. The lowest BCUT2D eigenvalue weighted by molar-refractivity contribution is -0.115. The Morgan fingerprint density at radius 2 is 1.69 bits per heavy atom. The summed E-state index contributed by atoms with van der Waals surface area (Å²) in [4.78, 5) is 13.1. The number of hydrogen-bond acceptors (Lipinski definition) is 5. The first kappa shape index (κ1) is 25.1. The fraction of sp³-hybridized carbons (Fsp3) is 0.310. The fourth-order valence-electron chi connectivity index (χ4n) is 4.28. The predicted molar refractivity (Wildman–Crippen MR) is 143 cm³/mol. The van der Waals surface area contributed by atoms with Gasteiger partial charge in [-0.1, -0.05) is 86.8 Å². The van der Waals surface area contributed by atoms with Crippen LogP contribution in [0.2, 0.25) is 0 Å². The molecule has 0 atom stereocenters. The maximum atomic E-state index is 13.1. The largest absolute Gasteiger partial charge is 0.488 e. The Hall–Kier alpha value is -4.00. The molecule has 0 aliphatic carbocycles. The topological polar surface area (TPSA) is 92.8 Å². The van der Waals surface area contributed by atoms with Crippen LogP contribution in [0.25, 0.3) is 22.5 Å². The lowest BCUT2D eigenvalue weighted by Crippen LogP contribution is -2.19. The van der Waals surface area contributed by atoms with E-state index in [1.54, 1.807) is 0 Å². The molecule has 1 aromatic heterocycles. The second kappa shape index (κ2) is 12.1. The number of benzene rings is 3. The molecular formula is C29H33N5O2. The number of aromatic nitrogens is 4. The van der Waals surface area contributed by atoms with Crippen molar-refractivity contribution < 1.29 is 9.53 Å². The van der Waals surface area contributed by atoms with Crippen molar-refractivity contribution in [1.29, 1.82) is 0 Å². The third-order valence-electron chi connectivity index (χ3n) is 6.08. The van der Waals surface area contributed by atoms with Crippen LogP contribution in [0.5, 0.6) is 5.75 Å². The van der Waals surface area contributed by atoms with E-state index in [2.05, 4.69) is 39.8 Å². The van der Waals surface area contributed by atoms with Gasteiger partial charge in [0, 0.05) is 5.56 Å². The standard InChI is InChI=1S/C29H33N5O2/c1-4-8-23(9-5-2)36-27-17-16-22(24-10-6-7-11-25(24)29-31-33-34-32-29)19-26(27)30-28(35)18-21-14-12-20(3)13-15-21/h6-7,10-17,19,23H,4-5,8-9,18H2,1-3H3,(H,30,35)(H,31,32,33,34). The Balaban J connectivity index is 1.67. The zero-order chi connectivity index (χ0) is 25.3. The van der Waals surface area contributed by atoms with Crippen molar-refractivity contribution in [3.05, 3.63) is 77.9 Å². The van der Waals surface area contributed by atoms with E-state index in [1.165, 1.54) is 5.56 Å². The highest BCUT2D eigenvalue weighted by Crippen LogP contribution is 2.36. The van der Waals surface area contributed by atoms with Crippen LogP contribution in [-0.2, 0) is 11.2 Å². The monoisotopic (exact) mass is 483 g/mol. The molecule has 7 nitrogen and oxygen atoms in total. The van der Waals surface area contributed by atoms with Gasteiger partial charge >= 0.3 is 0 Å². The van der Waals surface area contributed by atoms with Crippen molar-refractivity contribution in [2.24, 2.45) is 0 Å². The quantitative estimate of drug-likeness (QED) is 0.258. The molecule has 2 N–H and O–H groups in total. The summed E-state index contributed by atoms with van der Waals surface area (Å²) in [6.07, 6.45) is 4.40. The highest BCUT2D eigenvalue weighted by atomic mass is 16.5. The van der Waals surface area contributed by atoms with E-state index >= 15 is 0 Å². The molecule has 0 radical (unpaired) electrons. The molecule has 0 saturated heterocycles. The summed E-state index contributed by atoms with van der Waals surface area (Å²) >= 11 is 0. The highest BCUT2D eigenvalue weighted by molar-refractivity contribution is 5.95. The first-order valence-corrected chi connectivity index (χ1v) is 12.6. The van der Waals surface area contributed by atoms with Gasteiger partial charge in [0.1, 0.15) is 5.75 Å². The fourth-order valence-corrected chi connectivity index (χ4v) is 4.28. The van der Waals surface area contributed by atoms with Crippen LogP contribution >= 0.6 is 0 Å². The van der Waals surface area contributed by atoms with Gasteiger partial charge in [0.2, 0.25) is 11.7 Å². The van der Waals surface area contributed by atoms with Crippen LogP contribution in [0.4, 0.5) is 5.69 Å². The minimum atomic E-state index is -0.0881. The van der Waals surface area contributed by atoms with Gasteiger partial charge in [0.25, 0.3) is 0 Å².